The summed E-state index contributed by atoms with van der Waals surface area (Å²) in [4.78, 5) is 13.4. The molecule has 1 N–H and O–H groups in total. The molecule has 0 aliphatic carbocycles. The quantitative estimate of drug-likeness (QED) is 0.784. The first-order chi connectivity index (χ1) is 12.0. The number of hydrogen-bond acceptors (Lipinski definition) is 5. The standard InChI is InChI=1S/C18H19ClN2O3S/c1-11(2)17(15-5-4-6-25-15)21-16(22)10-24-18-13(19)7-12(9-20)8-14(18)23-3/h4-8,11,17H,10H2,1-3H3,(H,21,22). The molecule has 0 aliphatic rings. The molecular weight excluding hydrogens is 360 g/mol. The number of nitrogens with one attached hydrogen (secondary N) is 1. The monoisotopic (exact) mass is 378 g/mol. The molecule has 25 heavy (non-hydrogen) atoms. The van der Waals surface area contributed by atoms with Crippen molar-refractivity contribution in [1.82, 2.24) is 5.32 Å². The van der Waals surface area contributed by atoms with Gasteiger partial charge in [0.15, 0.2) is 18.1 Å². The van der Waals surface area contributed by atoms with Gasteiger partial charge >= 0.3 is 0 Å². The Morgan fingerprint density at radius 2 is 2.20 bits per heavy atom. The van der Waals surface area contributed by atoms with Crippen LogP contribution in [0.4, 0.5) is 0 Å². The Morgan fingerprint density at radius 3 is 2.76 bits per heavy atom. The van der Waals surface area contributed by atoms with Gasteiger partial charge in [-0.25, -0.2) is 0 Å². The van der Waals surface area contributed by atoms with Crippen LogP contribution >= 0.6 is 22.9 Å². The molecule has 1 aromatic carbocycles. The summed E-state index contributed by atoms with van der Waals surface area (Å²) in [5, 5.41) is 14.1. The Bertz CT molecular complexity index is 769. The number of carbonyl (C=O) groups excluding carboxylic acids is 1. The number of benzene rings is 1. The Balaban J connectivity index is 2.06. The molecular formula is C18H19ClN2O3S. The minimum absolute atomic E-state index is 0.0746. The summed E-state index contributed by atoms with van der Waals surface area (Å²) < 4.78 is 10.7. The maximum atomic E-state index is 12.3. The van der Waals surface area contributed by atoms with Gasteiger partial charge in [0.2, 0.25) is 0 Å². The first-order valence-corrected chi connectivity index (χ1v) is 8.95. The van der Waals surface area contributed by atoms with E-state index < -0.39 is 0 Å². The van der Waals surface area contributed by atoms with E-state index in [0.29, 0.717) is 11.3 Å². The SMILES string of the molecule is COc1cc(C#N)cc(Cl)c1OCC(=O)NC(c1cccs1)C(C)C. The molecule has 7 heteroatoms. The lowest BCUT2D eigenvalue weighted by Crippen LogP contribution is -2.34. The van der Waals surface area contributed by atoms with Crippen LogP contribution in [0, 0.1) is 17.2 Å². The molecule has 0 bridgehead atoms. The zero-order valence-corrected chi connectivity index (χ0v) is 15.8. The Kier molecular flexibility index (Phi) is 6.68. The number of thiophene rings is 1. The number of ether oxygens (including phenoxy) is 2. The van der Waals surface area contributed by atoms with Gasteiger partial charge in [0, 0.05) is 10.9 Å². The molecule has 0 aliphatic heterocycles. The van der Waals surface area contributed by atoms with Crippen LogP contribution in [0.5, 0.6) is 11.5 Å². The maximum Gasteiger partial charge on any atom is 0.258 e. The zero-order chi connectivity index (χ0) is 18.4. The van der Waals surface area contributed by atoms with Crippen LogP contribution in [0.25, 0.3) is 0 Å². The Morgan fingerprint density at radius 1 is 1.44 bits per heavy atom. The summed E-state index contributed by atoms with van der Waals surface area (Å²) in [6, 6.07) is 8.86. The maximum absolute atomic E-state index is 12.3. The van der Waals surface area contributed by atoms with Crippen LogP contribution in [0.2, 0.25) is 5.02 Å². The van der Waals surface area contributed by atoms with E-state index in [-0.39, 0.29) is 35.2 Å². The van der Waals surface area contributed by atoms with Crippen LogP contribution in [0.1, 0.15) is 30.3 Å². The minimum atomic E-state index is -0.255. The fraction of sp³-hybridized carbons (Fsp3) is 0.333. The van der Waals surface area contributed by atoms with E-state index in [1.165, 1.54) is 19.2 Å². The molecule has 0 saturated heterocycles. The van der Waals surface area contributed by atoms with Crippen molar-refractivity contribution in [2.45, 2.75) is 19.9 Å². The molecule has 1 unspecified atom stereocenters. The van der Waals surface area contributed by atoms with E-state index >= 15 is 0 Å². The molecule has 1 atom stereocenters. The van der Waals surface area contributed by atoms with E-state index in [1.807, 2.05) is 37.4 Å². The van der Waals surface area contributed by atoms with Gasteiger partial charge in [-0.15, -0.1) is 11.3 Å². The number of carbonyl (C=O) groups is 1. The summed E-state index contributed by atoms with van der Waals surface area (Å²) in [6.07, 6.45) is 0. The third-order valence-electron chi connectivity index (χ3n) is 3.54. The van der Waals surface area contributed by atoms with Gasteiger partial charge in [0.1, 0.15) is 0 Å². The van der Waals surface area contributed by atoms with Crippen LogP contribution < -0.4 is 14.8 Å². The lowest BCUT2D eigenvalue weighted by Gasteiger charge is -2.21. The molecule has 0 radical (unpaired) electrons. The number of methoxy groups -OCH3 is 1. The lowest BCUT2D eigenvalue weighted by atomic mass is 10.0. The molecule has 1 aromatic heterocycles. The highest BCUT2D eigenvalue weighted by molar-refractivity contribution is 7.10. The van der Waals surface area contributed by atoms with E-state index in [1.54, 1.807) is 11.3 Å². The predicted octanol–water partition coefficient (Wildman–Crippen LogP) is 4.17. The fourth-order valence-electron chi connectivity index (χ4n) is 2.31. The van der Waals surface area contributed by atoms with Gasteiger partial charge in [-0.2, -0.15) is 5.26 Å². The van der Waals surface area contributed by atoms with Gasteiger partial charge in [-0.1, -0.05) is 31.5 Å². The molecule has 0 fully saturated rings. The van der Waals surface area contributed by atoms with E-state index in [9.17, 15) is 4.79 Å². The highest BCUT2D eigenvalue weighted by atomic mass is 35.5. The normalized spacial score (nSPS) is 11.7. The first kappa shape index (κ1) is 19.1. The summed E-state index contributed by atoms with van der Waals surface area (Å²) in [6.45, 7) is 3.90. The number of nitriles is 1. The fourth-order valence-corrected chi connectivity index (χ4v) is 3.53. The van der Waals surface area contributed by atoms with Gasteiger partial charge < -0.3 is 14.8 Å². The largest absolute Gasteiger partial charge is 0.493 e. The second-order valence-corrected chi connectivity index (χ2v) is 7.08. The van der Waals surface area contributed by atoms with E-state index in [2.05, 4.69) is 5.32 Å². The van der Waals surface area contributed by atoms with Crippen molar-refractivity contribution in [3.63, 3.8) is 0 Å². The lowest BCUT2D eigenvalue weighted by molar-refractivity contribution is -0.124. The van der Waals surface area contributed by atoms with Crippen molar-refractivity contribution >= 4 is 28.8 Å². The topological polar surface area (TPSA) is 71.3 Å². The van der Waals surface area contributed by atoms with E-state index in [4.69, 9.17) is 26.3 Å². The Labute approximate surface area is 156 Å². The van der Waals surface area contributed by atoms with E-state index in [0.717, 1.165) is 4.88 Å². The Hall–Kier alpha value is -2.23. The summed E-state index contributed by atoms with van der Waals surface area (Å²) in [5.74, 6) is 0.552. The molecule has 2 rings (SSSR count). The molecule has 2 aromatic rings. The highest BCUT2D eigenvalue weighted by Gasteiger charge is 2.20. The van der Waals surface area contributed by atoms with Gasteiger partial charge in [0.25, 0.3) is 5.91 Å². The average Bonchev–Trinajstić information content (AvgIpc) is 3.11. The second kappa shape index (κ2) is 8.75. The number of amides is 1. The van der Waals surface area contributed by atoms with Gasteiger partial charge in [0.05, 0.1) is 29.8 Å². The first-order valence-electron chi connectivity index (χ1n) is 7.69. The van der Waals surface area contributed by atoms with Crippen LogP contribution in [0.3, 0.4) is 0 Å². The molecule has 0 saturated carbocycles. The van der Waals surface area contributed by atoms with Crippen molar-refractivity contribution in [2.24, 2.45) is 5.92 Å². The van der Waals surface area contributed by atoms with Crippen molar-refractivity contribution in [3.05, 3.63) is 45.1 Å². The van der Waals surface area contributed by atoms with Gasteiger partial charge in [-0.3, -0.25) is 4.79 Å². The highest BCUT2D eigenvalue weighted by Crippen LogP contribution is 2.36. The average molecular weight is 379 g/mol. The van der Waals surface area contributed by atoms with Crippen molar-refractivity contribution in [3.8, 4) is 17.6 Å². The summed E-state index contributed by atoms with van der Waals surface area (Å²) in [7, 11) is 1.45. The number of hydrogen-bond donors (Lipinski definition) is 1. The third-order valence-corrected chi connectivity index (χ3v) is 4.78. The number of nitrogens with zero attached hydrogens (tertiary/aromatic N) is 1. The van der Waals surface area contributed by atoms with Crippen LogP contribution in [-0.4, -0.2) is 19.6 Å². The molecule has 0 spiro atoms. The van der Waals surface area contributed by atoms with Crippen LogP contribution in [0.15, 0.2) is 29.6 Å². The van der Waals surface area contributed by atoms with Crippen molar-refractivity contribution in [1.29, 1.82) is 5.26 Å². The molecule has 1 heterocycles. The molecule has 132 valence electrons. The second-order valence-electron chi connectivity index (χ2n) is 5.69. The van der Waals surface area contributed by atoms with Crippen molar-refractivity contribution < 1.29 is 14.3 Å². The molecule has 1 amide bonds. The smallest absolute Gasteiger partial charge is 0.258 e. The van der Waals surface area contributed by atoms with Gasteiger partial charge in [-0.05, 0) is 23.4 Å². The third kappa shape index (κ3) is 4.88. The van der Waals surface area contributed by atoms with Crippen LogP contribution in [-0.2, 0) is 4.79 Å². The zero-order valence-electron chi connectivity index (χ0n) is 14.2. The summed E-state index contributed by atoms with van der Waals surface area (Å²) >= 11 is 7.73. The number of rotatable bonds is 7. The number of halogens is 1. The minimum Gasteiger partial charge on any atom is -0.493 e. The molecule has 5 nitrogen and oxygen atoms in total. The summed E-state index contributed by atoms with van der Waals surface area (Å²) in [5.41, 5.74) is 0.358. The predicted molar refractivity (Wildman–Crippen MR) is 98.3 cm³/mol. The van der Waals surface area contributed by atoms with Crippen molar-refractivity contribution in [2.75, 3.05) is 13.7 Å².